The fourth-order valence-corrected chi connectivity index (χ4v) is 1.77. The van der Waals surface area contributed by atoms with Crippen molar-refractivity contribution in [2.24, 2.45) is 0 Å². The van der Waals surface area contributed by atoms with Crippen LogP contribution in [0.1, 0.15) is 24.6 Å². The van der Waals surface area contributed by atoms with Crippen LogP contribution in [0.2, 0.25) is 0 Å². The third-order valence-corrected chi connectivity index (χ3v) is 2.92. The van der Waals surface area contributed by atoms with E-state index in [2.05, 4.69) is 0 Å². The first-order valence-corrected chi connectivity index (χ1v) is 6.04. The summed E-state index contributed by atoms with van der Waals surface area (Å²) in [5.74, 6) is -0.422. The number of unbranched alkanes of at least 4 members (excludes halogenated alkanes) is 1. The molecule has 0 unspecified atom stereocenters. The Hall–Kier alpha value is -1.69. The molecule has 0 saturated heterocycles. The van der Waals surface area contributed by atoms with E-state index in [1.165, 1.54) is 18.2 Å². The largest absolute Gasteiger partial charge is 0.463 e. The Morgan fingerprint density at radius 3 is 2.94 bits per heavy atom. The maximum Gasteiger partial charge on any atom is 0.330 e. The highest BCUT2D eigenvalue weighted by molar-refractivity contribution is 7.16. The van der Waals surface area contributed by atoms with Crippen molar-refractivity contribution in [3.8, 4) is 0 Å². The maximum atomic E-state index is 11.2. The van der Waals surface area contributed by atoms with E-state index in [9.17, 15) is 14.9 Å². The fraction of sp³-hybridized carbons (Fsp3) is 0.364. The zero-order valence-corrected chi connectivity index (χ0v) is 10.2. The molecule has 17 heavy (non-hydrogen) atoms. The number of ether oxygens (including phenoxy) is 1. The van der Waals surface area contributed by atoms with Crippen LogP contribution in [0.4, 0.5) is 5.00 Å². The Labute approximate surface area is 103 Å². The molecular formula is C11H13NO4S. The van der Waals surface area contributed by atoms with Gasteiger partial charge in [0.1, 0.15) is 0 Å². The van der Waals surface area contributed by atoms with Crippen molar-refractivity contribution in [1.29, 1.82) is 0 Å². The van der Waals surface area contributed by atoms with E-state index >= 15 is 0 Å². The van der Waals surface area contributed by atoms with Crippen LogP contribution in [0.5, 0.6) is 0 Å². The third kappa shape index (κ3) is 4.78. The molecule has 1 rings (SSSR count). The third-order valence-electron chi connectivity index (χ3n) is 1.92. The number of nitro groups is 1. The Morgan fingerprint density at radius 2 is 2.35 bits per heavy atom. The van der Waals surface area contributed by atoms with Gasteiger partial charge in [-0.3, -0.25) is 10.1 Å². The Morgan fingerprint density at radius 1 is 1.59 bits per heavy atom. The van der Waals surface area contributed by atoms with Gasteiger partial charge in [-0.2, -0.15) is 0 Å². The quantitative estimate of drug-likeness (QED) is 0.257. The van der Waals surface area contributed by atoms with Crippen molar-refractivity contribution in [1.82, 2.24) is 0 Å². The average Bonchev–Trinajstić information content (AvgIpc) is 2.75. The van der Waals surface area contributed by atoms with E-state index in [4.69, 9.17) is 4.74 Å². The normalized spacial score (nSPS) is 10.6. The molecule has 0 atom stereocenters. The Bertz CT molecular complexity index is 425. The van der Waals surface area contributed by atoms with Crippen LogP contribution in [0.3, 0.4) is 0 Å². The van der Waals surface area contributed by atoms with Gasteiger partial charge < -0.3 is 4.74 Å². The number of thiophene rings is 1. The molecule has 6 heteroatoms. The molecule has 1 aromatic rings. The molecule has 0 spiro atoms. The molecular weight excluding hydrogens is 242 g/mol. The number of esters is 1. The van der Waals surface area contributed by atoms with Gasteiger partial charge in [-0.05, 0) is 18.6 Å². The van der Waals surface area contributed by atoms with Crippen LogP contribution in [0.25, 0.3) is 6.08 Å². The molecule has 0 amide bonds. The fourth-order valence-electron chi connectivity index (χ4n) is 1.05. The van der Waals surface area contributed by atoms with Crippen LogP contribution in [0, 0.1) is 10.1 Å². The molecule has 1 heterocycles. The lowest BCUT2D eigenvalue weighted by Gasteiger charge is -1.98. The van der Waals surface area contributed by atoms with E-state index in [-0.39, 0.29) is 5.00 Å². The summed E-state index contributed by atoms with van der Waals surface area (Å²) >= 11 is 1.02. The number of carbonyl (C=O) groups is 1. The van der Waals surface area contributed by atoms with E-state index in [0.29, 0.717) is 11.5 Å². The van der Waals surface area contributed by atoms with Gasteiger partial charge in [0.25, 0.3) is 0 Å². The van der Waals surface area contributed by atoms with Crippen molar-refractivity contribution in [3.05, 3.63) is 33.2 Å². The zero-order chi connectivity index (χ0) is 12.7. The maximum absolute atomic E-state index is 11.2. The van der Waals surface area contributed by atoms with Crippen molar-refractivity contribution >= 4 is 28.4 Å². The molecule has 0 fully saturated rings. The molecule has 1 aromatic heterocycles. The van der Waals surface area contributed by atoms with Gasteiger partial charge >= 0.3 is 11.0 Å². The number of rotatable bonds is 6. The molecule has 0 aromatic carbocycles. The van der Waals surface area contributed by atoms with Crippen LogP contribution >= 0.6 is 11.3 Å². The minimum absolute atomic E-state index is 0.0593. The summed E-state index contributed by atoms with van der Waals surface area (Å²) in [6, 6.07) is 3.01. The Balaban J connectivity index is 2.46. The lowest BCUT2D eigenvalue weighted by molar-refractivity contribution is -0.380. The molecule has 0 aliphatic rings. The van der Waals surface area contributed by atoms with Gasteiger partial charge in [0.05, 0.1) is 11.5 Å². The predicted molar refractivity (Wildman–Crippen MR) is 65.9 cm³/mol. The van der Waals surface area contributed by atoms with Crippen LogP contribution < -0.4 is 0 Å². The highest BCUT2D eigenvalue weighted by Gasteiger charge is 2.07. The highest BCUT2D eigenvalue weighted by Crippen LogP contribution is 2.24. The first-order chi connectivity index (χ1) is 8.13. The molecule has 0 N–H and O–H groups in total. The SMILES string of the molecule is CCCCOC(=O)/C=C/c1ccc([N+](=O)[O-])s1. The van der Waals surface area contributed by atoms with Crippen LogP contribution in [-0.4, -0.2) is 17.5 Å². The van der Waals surface area contributed by atoms with Crippen LogP contribution in [0.15, 0.2) is 18.2 Å². The first kappa shape index (κ1) is 13.4. The second kappa shape index (κ2) is 6.80. The van der Waals surface area contributed by atoms with Gasteiger partial charge in [-0.25, -0.2) is 4.79 Å². The smallest absolute Gasteiger partial charge is 0.330 e. The minimum atomic E-state index is -0.457. The number of hydrogen-bond acceptors (Lipinski definition) is 5. The second-order valence-electron chi connectivity index (χ2n) is 3.29. The van der Waals surface area contributed by atoms with Crippen molar-refractivity contribution in [3.63, 3.8) is 0 Å². The molecule has 92 valence electrons. The van der Waals surface area contributed by atoms with E-state index in [0.717, 1.165) is 24.2 Å². The van der Waals surface area contributed by atoms with Crippen molar-refractivity contribution in [2.45, 2.75) is 19.8 Å². The number of carbonyl (C=O) groups excluding carboxylic acids is 1. The summed E-state index contributed by atoms with van der Waals surface area (Å²) in [5, 5.41) is 10.5. The molecule has 0 saturated carbocycles. The van der Waals surface area contributed by atoms with E-state index in [1.807, 2.05) is 6.92 Å². The summed E-state index contributed by atoms with van der Waals surface area (Å²) in [7, 11) is 0. The summed E-state index contributed by atoms with van der Waals surface area (Å²) in [5.41, 5.74) is 0. The lowest BCUT2D eigenvalue weighted by Crippen LogP contribution is -2.01. The predicted octanol–water partition coefficient (Wildman–Crippen LogP) is 3.01. The summed E-state index contributed by atoms with van der Waals surface area (Å²) < 4.78 is 4.90. The molecule has 0 aliphatic carbocycles. The van der Waals surface area contributed by atoms with Gasteiger partial charge in [0, 0.05) is 17.0 Å². The molecule has 0 aliphatic heterocycles. The monoisotopic (exact) mass is 255 g/mol. The minimum Gasteiger partial charge on any atom is -0.463 e. The number of hydrogen-bond donors (Lipinski definition) is 0. The summed E-state index contributed by atoms with van der Waals surface area (Å²) in [4.78, 5) is 21.8. The van der Waals surface area contributed by atoms with Gasteiger partial charge in [-0.1, -0.05) is 24.7 Å². The molecule has 0 bridgehead atoms. The summed E-state index contributed by atoms with van der Waals surface area (Å²) in [6.45, 7) is 2.42. The molecule has 0 radical (unpaired) electrons. The van der Waals surface area contributed by atoms with Crippen molar-refractivity contribution < 1.29 is 14.5 Å². The molecule has 5 nitrogen and oxygen atoms in total. The Kier molecular flexibility index (Phi) is 5.35. The summed E-state index contributed by atoms with van der Waals surface area (Å²) in [6.07, 6.45) is 4.61. The van der Waals surface area contributed by atoms with Gasteiger partial charge in [0.2, 0.25) is 0 Å². The van der Waals surface area contributed by atoms with E-state index < -0.39 is 10.9 Å². The average molecular weight is 255 g/mol. The first-order valence-electron chi connectivity index (χ1n) is 5.22. The van der Waals surface area contributed by atoms with Crippen molar-refractivity contribution in [2.75, 3.05) is 6.61 Å². The highest BCUT2D eigenvalue weighted by atomic mass is 32.1. The van der Waals surface area contributed by atoms with E-state index in [1.54, 1.807) is 6.07 Å². The van der Waals surface area contributed by atoms with Gasteiger partial charge in [0.15, 0.2) is 0 Å². The standard InChI is InChI=1S/C11H13NO4S/c1-2-3-8-16-11(13)7-5-9-4-6-10(17-9)12(14)15/h4-7H,2-3,8H2,1H3/b7-5+. The topological polar surface area (TPSA) is 69.4 Å². The zero-order valence-electron chi connectivity index (χ0n) is 9.42. The van der Waals surface area contributed by atoms with Crippen LogP contribution in [-0.2, 0) is 9.53 Å². The van der Waals surface area contributed by atoms with Gasteiger partial charge in [-0.15, -0.1) is 0 Å². The lowest BCUT2D eigenvalue weighted by atomic mass is 10.4. The number of nitrogens with zero attached hydrogens (tertiary/aromatic N) is 1. The second-order valence-corrected chi connectivity index (χ2v) is 4.38.